The summed E-state index contributed by atoms with van der Waals surface area (Å²) in [5.41, 5.74) is -2.93. The molecule has 1 amide bonds. The van der Waals surface area contributed by atoms with Gasteiger partial charge in [0.05, 0.1) is 6.04 Å². The van der Waals surface area contributed by atoms with Gasteiger partial charge in [0.1, 0.15) is 5.60 Å². The Bertz CT molecular complexity index is 378. The fourth-order valence-corrected chi connectivity index (χ4v) is 2.45. The largest absolute Gasteiger partial charge is 0.479 e. The Morgan fingerprint density at radius 3 is 2.47 bits per heavy atom. The molecule has 0 aromatic carbocycles. The van der Waals surface area contributed by atoms with Crippen LogP contribution in [0, 0.1) is 5.92 Å². The maximum atomic E-state index is 13.9. The molecule has 2 rings (SSSR count). The number of carboxylic acid groups (broad SMARTS) is 1. The first-order chi connectivity index (χ1) is 7.68. The summed E-state index contributed by atoms with van der Waals surface area (Å²) < 4.78 is 19.0. The number of piperidine rings is 1. The molecule has 2 fully saturated rings. The molecule has 0 aromatic rings. The van der Waals surface area contributed by atoms with E-state index in [4.69, 9.17) is 9.84 Å². The normalized spacial score (nSPS) is 35.4. The molecule has 1 aliphatic carbocycles. The zero-order valence-electron chi connectivity index (χ0n) is 10.1. The maximum absolute atomic E-state index is 13.9. The third-order valence-electron chi connectivity index (χ3n) is 3.21. The highest BCUT2D eigenvalue weighted by atomic mass is 19.1. The molecule has 17 heavy (non-hydrogen) atoms. The van der Waals surface area contributed by atoms with Crippen molar-refractivity contribution in [1.82, 2.24) is 4.90 Å². The van der Waals surface area contributed by atoms with Gasteiger partial charge in [-0.2, -0.15) is 0 Å². The number of carboxylic acids is 1. The number of carbonyl (C=O) groups is 2. The lowest BCUT2D eigenvalue weighted by Gasteiger charge is -2.26. The van der Waals surface area contributed by atoms with Crippen molar-refractivity contribution in [3.05, 3.63) is 0 Å². The molecule has 0 unspecified atom stereocenters. The molecule has 1 heterocycles. The maximum Gasteiger partial charge on any atom is 0.410 e. The van der Waals surface area contributed by atoms with Crippen LogP contribution < -0.4 is 0 Å². The van der Waals surface area contributed by atoms with Crippen LogP contribution in [0.4, 0.5) is 9.18 Å². The molecule has 0 spiro atoms. The molecule has 1 saturated carbocycles. The van der Waals surface area contributed by atoms with E-state index in [1.807, 2.05) is 0 Å². The summed E-state index contributed by atoms with van der Waals surface area (Å²) in [6, 6.07) is -0.852. The van der Waals surface area contributed by atoms with Crippen molar-refractivity contribution in [2.45, 2.75) is 44.5 Å². The molecular weight excluding hydrogens is 229 g/mol. The lowest BCUT2D eigenvalue weighted by molar-refractivity contribution is -0.146. The molecule has 6 heteroatoms. The van der Waals surface area contributed by atoms with Gasteiger partial charge in [-0.25, -0.2) is 14.0 Å². The number of alkyl halides is 1. The highest BCUT2D eigenvalue weighted by Crippen LogP contribution is 2.57. The Kier molecular flexibility index (Phi) is 2.38. The van der Waals surface area contributed by atoms with Crippen molar-refractivity contribution in [2.24, 2.45) is 5.92 Å². The second-order valence-corrected chi connectivity index (χ2v) is 5.59. The van der Waals surface area contributed by atoms with Gasteiger partial charge in [-0.15, -0.1) is 0 Å². The van der Waals surface area contributed by atoms with Crippen LogP contribution >= 0.6 is 0 Å². The van der Waals surface area contributed by atoms with Crippen molar-refractivity contribution in [2.75, 3.05) is 6.54 Å². The van der Waals surface area contributed by atoms with Crippen molar-refractivity contribution < 1.29 is 23.8 Å². The lowest BCUT2D eigenvalue weighted by Crippen LogP contribution is -2.42. The second kappa shape index (κ2) is 3.34. The molecule has 0 aromatic heterocycles. The first kappa shape index (κ1) is 12.1. The minimum Gasteiger partial charge on any atom is -0.479 e. The number of rotatable bonds is 1. The summed E-state index contributed by atoms with van der Waals surface area (Å²) in [7, 11) is 0. The average Bonchev–Trinajstić information content (AvgIpc) is 2.57. The van der Waals surface area contributed by atoms with Crippen LogP contribution in [-0.4, -0.2) is 45.9 Å². The van der Waals surface area contributed by atoms with Crippen molar-refractivity contribution >= 4 is 12.1 Å². The Balaban J connectivity index is 2.06. The van der Waals surface area contributed by atoms with Crippen LogP contribution in [0.2, 0.25) is 0 Å². The molecule has 1 aliphatic heterocycles. The number of fused-ring (bicyclic) bond motifs is 1. The van der Waals surface area contributed by atoms with E-state index in [9.17, 15) is 14.0 Å². The number of hydrogen-bond acceptors (Lipinski definition) is 3. The van der Waals surface area contributed by atoms with E-state index in [1.54, 1.807) is 20.8 Å². The van der Waals surface area contributed by atoms with Gasteiger partial charge in [0.2, 0.25) is 5.67 Å². The van der Waals surface area contributed by atoms with E-state index in [-0.39, 0.29) is 0 Å². The molecule has 5 nitrogen and oxygen atoms in total. The third-order valence-corrected chi connectivity index (χ3v) is 3.21. The summed E-state index contributed by atoms with van der Waals surface area (Å²) in [5.74, 6) is -2.06. The third kappa shape index (κ3) is 1.75. The molecule has 1 N–H and O–H groups in total. The van der Waals surface area contributed by atoms with Crippen LogP contribution in [0.5, 0.6) is 0 Å². The van der Waals surface area contributed by atoms with E-state index in [2.05, 4.69) is 0 Å². The monoisotopic (exact) mass is 245 g/mol. The first-order valence-corrected chi connectivity index (χ1v) is 5.60. The van der Waals surface area contributed by atoms with Gasteiger partial charge in [0.15, 0.2) is 0 Å². The lowest BCUT2D eigenvalue weighted by atomic mass is 10.2. The van der Waals surface area contributed by atoms with Crippen LogP contribution in [0.1, 0.15) is 27.2 Å². The summed E-state index contributed by atoms with van der Waals surface area (Å²) in [6.07, 6.45) is -0.252. The number of halogens is 1. The molecule has 0 bridgehead atoms. The number of carbonyl (C=O) groups excluding carboxylic acids is 1. The van der Waals surface area contributed by atoms with E-state index in [0.717, 1.165) is 0 Å². The van der Waals surface area contributed by atoms with Crippen LogP contribution in [0.3, 0.4) is 0 Å². The predicted molar refractivity (Wildman–Crippen MR) is 56.3 cm³/mol. The molecule has 1 saturated heterocycles. The van der Waals surface area contributed by atoms with Crippen molar-refractivity contribution in [3.63, 3.8) is 0 Å². The highest BCUT2D eigenvalue weighted by Gasteiger charge is 2.77. The minimum absolute atomic E-state index is 0.364. The van der Waals surface area contributed by atoms with Gasteiger partial charge in [-0.1, -0.05) is 0 Å². The number of amides is 1. The average molecular weight is 245 g/mol. The standard InChI is InChI=1S/C11H16FNO4/c1-10(2,3)17-9(16)13-5-4-6-7(13)11(6,12)8(14)15/h6-7H,4-5H2,1-3H3,(H,14,15)/t6-,7+,11-/m1/s1. The SMILES string of the molecule is CC(C)(C)OC(=O)N1CC[C@@H]2[C@H]1[C@@]2(F)C(=O)O. The zero-order valence-corrected chi connectivity index (χ0v) is 10.1. The van der Waals surface area contributed by atoms with Crippen LogP contribution in [-0.2, 0) is 9.53 Å². The topological polar surface area (TPSA) is 66.8 Å². The summed E-state index contributed by atoms with van der Waals surface area (Å²) in [6.45, 7) is 5.50. The van der Waals surface area contributed by atoms with Gasteiger partial charge in [0.25, 0.3) is 0 Å². The van der Waals surface area contributed by atoms with E-state index in [1.165, 1.54) is 4.90 Å². The molecule has 2 aliphatic rings. The van der Waals surface area contributed by atoms with E-state index < -0.39 is 35.3 Å². The minimum atomic E-state index is -2.27. The summed E-state index contributed by atoms with van der Waals surface area (Å²) >= 11 is 0. The van der Waals surface area contributed by atoms with Gasteiger partial charge >= 0.3 is 12.1 Å². The van der Waals surface area contributed by atoms with E-state index >= 15 is 0 Å². The van der Waals surface area contributed by atoms with Gasteiger partial charge < -0.3 is 14.7 Å². The fraction of sp³-hybridized carbons (Fsp3) is 0.818. The quantitative estimate of drug-likeness (QED) is 0.758. The summed E-state index contributed by atoms with van der Waals surface area (Å²) in [5, 5.41) is 8.80. The van der Waals surface area contributed by atoms with Crippen LogP contribution in [0.15, 0.2) is 0 Å². The Labute approximate surface area is 98.5 Å². The predicted octanol–water partition coefficient (Wildman–Crippen LogP) is 1.42. The number of aliphatic carboxylic acids is 1. The molecule has 0 radical (unpaired) electrons. The zero-order chi connectivity index (χ0) is 13.0. The van der Waals surface area contributed by atoms with E-state index in [0.29, 0.717) is 13.0 Å². The number of nitrogens with zero attached hydrogens (tertiary/aromatic N) is 1. The smallest absolute Gasteiger partial charge is 0.410 e. The molecule has 3 atom stereocenters. The number of likely N-dealkylation sites (tertiary alicyclic amines) is 1. The highest BCUT2D eigenvalue weighted by molar-refractivity contribution is 5.86. The molecule has 96 valence electrons. The van der Waals surface area contributed by atoms with Gasteiger partial charge in [0, 0.05) is 12.5 Å². The number of ether oxygens (including phenoxy) is 1. The fourth-order valence-electron chi connectivity index (χ4n) is 2.45. The van der Waals surface area contributed by atoms with Crippen molar-refractivity contribution in [1.29, 1.82) is 0 Å². The second-order valence-electron chi connectivity index (χ2n) is 5.59. The Hall–Kier alpha value is -1.33. The molecular formula is C11H16FNO4. The Morgan fingerprint density at radius 1 is 1.47 bits per heavy atom. The first-order valence-electron chi connectivity index (χ1n) is 5.60. The Morgan fingerprint density at radius 2 is 2.06 bits per heavy atom. The van der Waals surface area contributed by atoms with Crippen molar-refractivity contribution in [3.8, 4) is 0 Å². The van der Waals surface area contributed by atoms with Gasteiger partial charge in [-0.3, -0.25) is 0 Å². The van der Waals surface area contributed by atoms with Gasteiger partial charge in [-0.05, 0) is 27.2 Å². The summed E-state index contributed by atoms with van der Waals surface area (Å²) in [4.78, 5) is 23.7. The number of hydrogen-bond donors (Lipinski definition) is 1. The van der Waals surface area contributed by atoms with Crippen LogP contribution in [0.25, 0.3) is 0 Å².